The molecule has 10 nitrogen and oxygen atoms in total. The van der Waals surface area contributed by atoms with Crippen molar-refractivity contribution in [3.05, 3.63) is 81.5 Å². The highest BCUT2D eigenvalue weighted by Crippen LogP contribution is 2.33. The SMILES string of the molecule is CCC(C)=CC(=C(N=C(C)Nc1ccc(F)c(Cl)c1)n1nc(C(F)(F)F)cc1C)c1cnc(OCCN2CCOCC2)c(C(=O)O)c1. The Kier molecular flexibility index (Phi) is 11.8. The number of anilines is 1. The van der Waals surface area contributed by atoms with E-state index in [0.29, 0.717) is 31.9 Å². The van der Waals surface area contributed by atoms with Crippen LogP contribution in [0.15, 0.2) is 53.2 Å². The molecular formula is C32H35ClF4N6O4. The van der Waals surface area contributed by atoms with Crippen molar-refractivity contribution in [1.82, 2.24) is 19.7 Å². The number of aromatic nitrogens is 3. The van der Waals surface area contributed by atoms with Crippen molar-refractivity contribution in [2.45, 2.75) is 40.3 Å². The van der Waals surface area contributed by atoms with Crippen molar-refractivity contribution in [2.75, 3.05) is 44.8 Å². The number of nitrogens with one attached hydrogen (secondary N) is 1. The van der Waals surface area contributed by atoms with Crippen molar-refractivity contribution < 1.29 is 36.9 Å². The maximum Gasteiger partial charge on any atom is 0.435 e. The molecule has 0 saturated carbocycles. The number of alkyl halides is 3. The number of carbonyl (C=O) groups is 1. The van der Waals surface area contributed by atoms with Crippen LogP contribution in [-0.4, -0.2) is 76.0 Å². The topological polar surface area (TPSA) is 114 Å². The van der Waals surface area contributed by atoms with Crippen LogP contribution in [-0.2, 0) is 10.9 Å². The molecule has 2 aromatic heterocycles. The Morgan fingerprint density at radius 2 is 1.94 bits per heavy atom. The Morgan fingerprint density at radius 1 is 1.21 bits per heavy atom. The Bertz CT molecular complexity index is 1700. The monoisotopic (exact) mass is 678 g/mol. The number of allylic oxidation sites excluding steroid dienone is 3. The second kappa shape index (κ2) is 15.5. The van der Waals surface area contributed by atoms with Crippen LogP contribution in [0.1, 0.15) is 54.5 Å². The highest BCUT2D eigenvalue weighted by molar-refractivity contribution is 6.31. The summed E-state index contributed by atoms with van der Waals surface area (Å²) in [6.45, 7) is 10.1. The third-order valence-corrected chi connectivity index (χ3v) is 7.52. The van der Waals surface area contributed by atoms with Crippen molar-refractivity contribution in [3.63, 3.8) is 0 Å². The van der Waals surface area contributed by atoms with Gasteiger partial charge in [0.1, 0.15) is 23.8 Å². The zero-order chi connectivity index (χ0) is 34.3. The molecular weight excluding hydrogens is 644 g/mol. The van der Waals surface area contributed by atoms with Gasteiger partial charge in [0.2, 0.25) is 5.88 Å². The van der Waals surface area contributed by atoms with E-state index in [9.17, 15) is 27.5 Å². The van der Waals surface area contributed by atoms with Gasteiger partial charge in [0.05, 0.1) is 18.2 Å². The molecule has 15 heteroatoms. The van der Waals surface area contributed by atoms with Crippen LogP contribution in [0.2, 0.25) is 5.02 Å². The van der Waals surface area contributed by atoms with Gasteiger partial charge in [-0.15, -0.1) is 0 Å². The largest absolute Gasteiger partial charge is 0.477 e. The summed E-state index contributed by atoms with van der Waals surface area (Å²) in [5.74, 6) is -1.89. The number of hydrogen-bond acceptors (Lipinski definition) is 7. The molecule has 0 unspecified atom stereocenters. The average molecular weight is 679 g/mol. The molecule has 4 rings (SSSR count). The number of amidine groups is 1. The second-order valence-electron chi connectivity index (χ2n) is 10.8. The Hall–Kier alpha value is -4.27. The van der Waals surface area contributed by atoms with Gasteiger partial charge in [-0.25, -0.2) is 23.8 Å². The number of aromatic carboxylic acids is 1. The fourth-order valence-corrected chi connectivity index (χ4v) is 4.79. The summed E-state index contributed by atoms with van der Waals surface area (Å²) in [5.41, 5.74) is 0.420. The Labute approximate surface area is 274 Å². The number of morpholine rings is 1. The molecule has 252 valence electrons. The quantitative estimate of drug-likeness (QED) is 0.0963. The molecule has 1 fully saturated rings. The van der Waals surface area contributed by atoms with Gasteiger partial charge in [0.25, 0.3) is 0 Å². The Morgan fingerprint density at radius 3 is 2.55 bits per heavy atom. The number of aliphatic imine (C=N–C) groups is 1. The first kappa shape index (κ1) is 35.6. The summed E-state index contributed by atoms with van der Waals surface area (Å²) in [7, 11) is 0. The highest BCUT2D eigenvalue weighted by atomic mass is 35.5. The standard InChI is InChI=1S/C32H35ClF4N6O4/c1-5-19(2)14-24(22-16-25(31(44)45)30(38-18-22)47-13-10-42-8-11-46-12-9-42)29(43-20(3)15-28(41-43)32(35,36)37)40-21(4)39-23-6-7-27(34)26(33)17-23/h6-7,14-18H,5,8-13H2,1-4H3,(H,39,40)(H,44,45). The van der Waals surface area contributed by atoms with Gasteiger partial charge in [0, 0.05) is 48.3 Å². The molecule has 0 amide bonds. The van der Waals surface area contributed by atoms with Gasteiger partial charge in [0.15, 0.2) is 11.5 Å². The first-order chi connectivity index (χ1) is 22.3. The van der Waals surface area contributed by atoms with Gasteiger partial charge in [-0.3, -0.25) is 4.90 Å². The number of nitrogens with zero attached hydrogens (tertiary/aromatic N) is 5. The fraction of sp³-hybridized carbons (Fsp3) is 0.375. The molecule has 1 aliphatic heterocycles. The van der Waals surface area contributed by atoms with Crippen LogP contribution in [0.4, 0.5) is 23.2 Å². The van der Waals surface area contributed by atoms with Crippen molar-refractivity contribution in [3.8, 4) is 5.88 Å². The highest BCUT2D eigenvalue weighted by Gasteiger charge is 2.35. The van der Waals surface area contributed by atoms with Crippen LogP contribution in [0, 0.1) is 12.7 Å². The first-order valence-electron chi connectivity index (χ1n) is 14.8. The molecule has 3 aromatic rings. The van der Waals surface area contributed by atoms with Crippen molar-refractivity contribution >= 4 is 40.5 Å². The lowest BCUT2D eigenvalue weighted by atomic mass is 10.0. The first-order valence-corrected chi connectivity index (χ1v) is 15.1. The summed E-state index contributed by atoms with van der Waals surface area (Å²) in [5, 5.41) is 16.8. The summed E-state index contributed by atoms with van der Waals surface area (Å²) in [6.07, 6.45) is -1.10. The van der Waals surface area contributed by atoms with E-state index in [-0.39, 0.29) is 51.6 Å². The van der Waals surface area contributed by atoms with Gasteiger partial charge in [-0.05, 0) is 57.5 Å². The van der Waals surface area contributed by atoms with Crippen LogP contribution < -0.4 is 10.1 Å². The third kappa shape index (κ3) is 9.40. The van der Waals surface area contributed by atoms with Gasteiger partial charge >= 0.3 is 12.1 Å². The van der Waals surface area contributed by atoms with E-state index in [0.717, 1.165) is 35.5 Å². The minimum absolute atomic E-state index is 0.0527. The summed E-state index contributed by atoms with van der Waals surface area (Å²) < 4.78 is 67.2. The smallest absolute Gasteiger partial charge is 0.435 e. The van der Waals surface area contributed by atoms with Crippen LogP contribution >= 0.6 is 11.6 Å². The molecule has 0 bridgehead atoms. The zero-order valence-electron chi connectivity index (χ0n) is 26.3. The van der Waals surface area contributed by atoms with E-state index >= 15 is 0 Å². The average Bonchev–Trinajstić information content (AvgIpc) is 3.43. The lowest BCUT2D eigenvalue weighted by Gasteiger charge is -2.26. The molecule has 1 aromatic carbocycles. The van der Waals surface area contributed by atoms with E-state index in [1.54, 1.807) is 13.0 Å². The zero-order valence-corrected chi connectivity index (χ0v) is 27.0. The minimum Gasteiger partial charge on any atom is -0.477 e. The fourth-order valence-electron chi connectivity index (χ4n) is 4.61. The van der Waals surface area contributed by atoms with E-state index in [4.69, 9.17) is 21.1 Å². The number of hydrogen-bond donors (Lipinski definition) is 2. The van der Waals surface area contributed by atoms with E-state index in [1.165, 1.54) is 31.3 Å². The van der Waals surface area contributed by atoms with Crippen LogP contribution in [0.25, 0.3) is 11.4 Å². The van der Waals surface area contributed by atoms with E-state index < -0.39 is 23.7 Å². The number of benzene rings is 1. The number of ether oxygens (including phenoxy) is 2. The number of aryl methyl sites for hydroxylation is 1. The molecule has 0 atom stereocenters. The van der Waals surface area contributed by atoms with Crippen molar-refractivity contribution in [1.29, 1.82) is 0 Å². The predicted molar refractivity (Wildman–Crippen MR) is 171 cm³/mol. The lowest BCUT2D eigenvalue weighted by Crippen LogP contribution is -2.38. The molecule has 1 aliphatic rings. The number of pyridine rings is 1. The molecule has 47 heavy (non-hydrogen) atoms. The number of carboxylic acid groups (broad SMARTS) is 1. The summed E-state index contributed by atoms with van der Waals surface area (Å²) in [6, 6.07) is 6.15. The molecule has 0 radical (unpaired) electrons. The van der Waals surface area contributed by atoms with Gasteiger partial charge in [-0.1, -0.05) is 30.2 Å². The van der Waals surface area contributed by atoms with Crippen LogP contribution in [0.5, 0.6) is 5.88 Å². The van der Waals surface area contributed by atoms with E-state index in [1.807, 2.05) is 13.8 Å². The third-order valence-electron chi connectivity index (χ3n) is 7.23. The van der Waals surface area contributed by atoms with Gasteiger partial charge < -0.3 is 19.9 Å². The molecule has 3 heterocycles. The number of halogens is 5. The number of rotatable bonds is 11. The maximum absolute atomic E-state index is 13.8. The van der Waals surface area contributed by atoms with Crippen molar-refractivity contribution in [2.24, 2.45) is 4.99 Å². The van der Waals surface area contributed by atoms with E-state index in [2.05, 4.69) is 25.3 Å². The van der Waals surface area contributed by atoms with Crippen LogP contribution in [0.3, 0.4) is 0 Å². The Balaban J connectivity index is 1.86. The normalized spacial score (nSPS) is 15.4. The minimum atomic E-state index is -4.74. The maximum atomic E-state index is 13.8. The number of carboxylic acids is 1. The molecule has 1 saturated heterocycles. The lowest BCUT2D eigenvalue weighted by molar-refractivity contribution is -0.141. The van der Waals surface area contributed by atoms with Gasteiger partial charge in [-0.2, -0.15) is 18.3 Å². The summed E-state index contributed by atoms with van der Waals surface area (Å²) >= 11 is 5.93. The molecule has 2 N–H and O–H groups in total. The molecule has 0 spiro atoms. The predicted octanol–water partition coefficient (Wildman–Crippen LogP) is 7.02. The second-order valence-corrected chi connectivity index (χ2v) is 11.2. The molecule has 0 aliphatic carbocycles. The summed E-state index contributed by atoms with van der Waals surface area (Å²) in [4.78, 5) is 23.4.